The first-order valence-corrected chi connectivity index (χ1v) is 7.49. The smallest absolute Gasteiger partial charge is 0.303 e. The molecule has 1 heterocycles. The largest absolute Gasteiger partial charge is 0.481 e. The van der Waals surface area contributed by atoms with Gasteiger partial charge in [0, 0.05) is 37.3 Å². The van der Waals surface area contributed by atoms with E-state index >= 15 is 0 Å². The third-order valence-electron chi connectivity index (χ3n) is 3.74. The number of rotatable bonds is 6. The standard InChI is InChI=1S/C18H20N2O3/c1-13-14(16-9-3-4-11-19-16)7-5-8-15(13)18(23)20(2)12-6-10-17(21)22/h3-5,7-9,11H,6,10,12H2,1-2H3,(H,21,22). The molecular weight excluding hydrogens is 292 g/mol. The molecule has 5 heteroatoms. The Kier molecular flexibility index (Phi) is 5.46. The lowest BCUT2D eigenvalue weighted by atomic mass is 9.98. The number of aliphatic carboxylic acids is 1. The molecule has 1 aromatic carbocycles. The Labute approximate surface area is 135 Å². The van der Waals surface area contributed by atoms with Crippen LogP contribution in [0.4, 0.5) is 0 Å². The molecule has 23 heavy (non-hydrogen) atoms. The van der Waals surface area contributed by atoms with Gasteiger partial charge >= 0.3 is 5.97 Å². The minimum Gasteiger partial charge on any atom is -0.481 e. The van der Waals surface area contributed by atoms with Gasteiger partial charge in [-0.1, -0.05) is 18.2 Å². The van der Waals surface area contributed by atoms with Crippen molar-refractivity contribution in [2.75, 3.05) is 13.6 Å². The predicted molar refractivity (Wildman–Crippen MR) is 88.2 cm³/mol. The van der Waals surface area contributed by atoms with Gasteiger partial charge in [0.05, 0.1) is 5.69 Å². The van der Waals surface area contributed by atoms with Crippen molar-refractivity contribution in [1.82, 2.24) is 9.88 Å². The van der Waals surface area contributed by atoms with Gasteiger partial charge in [-0.2, -0.15) is 0 Å². The molecule has 2 aromatic rings. The monoisotopic (exact) mass is 312 g/mol. The molecule has 0 radical (unpaired) electrons. The van der Waals surface area contributed by atoms with E-state index in [1.807, 2.05) is 37.3 Å². The minimum absolute atomic E-state index is 0.0601. The molecule has 1 aromatic heterocycles. The molecule has 0 aliphatic heterocycles. The molecule has 0 fully saturated rings. The molecule has 0 bridgehead atoms. The maximum atomic E-state index is 12.6. The summed E-state index contributed by atoms with van der Waals surface area (Å²) in [5.74, 6) is -0.954. The van der Waals surface area contributed by atoms with Crippen molar-refractivity contribution in [3.63, 3.8) is 0 Å². The Morgan fingerprint density at radius 3 is 2.61 bits per heavy atom. The van der Waals surface area contributed by atoms with Crippen molar-refractivity contribution in [3.8, 4) is 11.3 Å². The van der Waals surface area contributed by atoms with Gasteiger partial charge in [-0.3, -0.25) is 14.6 Å². The second-order valence-corrected chi connectivity index (χ2v) is 5.42. The number of pyridine rings is 1. The van der Waals surface area contributed by atoms with E-state index in [0.29, 0.717) is 18.5 Å². The van der Waals surface area contributed by atoms with E-state index in [1.54, 1.807) is 24.2 Å². The van der Waals surface area contributed by atoms with Crippen LogP contribution in [0.25, 0.3) is 11.3 Å². The van der Waals surface area contributed by atoms with Gasteiger partial charge in [-0.25, -0.2) is 0 Å². The van der Waals surface area contributed by atoms with Crippen molar-refractivity contribution >= 4 is 11.9 Å². The quantitative estimate of drug-likeness (QED) is 0.890. The highest BCUT2D eigenvalue weighted by molar-refractivity contribution is 5.97. The Bertz CT molecular complexity index is 699. The minimum atomic E-state index is -0.848. The van der Waals surface area contributed by atoms with Crippen LogP contribution in [0.2, 0.25) is 0 Å². The average Bonchev–Trinajstić information content (AvgIpc) is 2.55. The van der Waals surface area contributed by atoms with Crippen LogP contribution in [0.15, 0.2) is 42.6 Å². The number of amides is 1. The van der Waals surface area contributed by atoms with Crippen LogP contribution in [-0.4, -0.2) is 40.5 Å². The lowest BCUT2D eigenvalue weighted by Crippen LogP contribution is -2.28. The third kappa shape index (κ3) is 4.16. The summed E-state index contributed by atoms with van der Waals surface area (Å²) < 4.78 is 0. The second kappa shape index (κ2) is 7.54. The summed E-state index contributed by atoms with van der Waals surface area (Å²) in [7, 11) is 1.69. The summed E-state index contributed by atoms with van der Waals surface area (Å²) in [5.41, 5.74) is 3.25. The van der Waals surface area contributed by atoms with Crippen molar-refractivity contribution in [3.05, 3.63) is 53.7 Å². The van der Waals surface area contributed by atoms with Crippen LogP contribution in [0.1, 0.15) is 28.8 Å². The van der Waals surface area contributed by atoms with E-state index in [1.165, 1.54) is 0 Å². The summed E-state index contributed by atoms with van der Waals surface area (Å²) in [6, 6.07) is 11.2. The summed E-state index contributed by atoms with van der Waals surface area (Å²) >= 11 is 0. The van der Waals surface area contributed by atoms with E-state index in [4.69, 9.17) is 5.11 Å². The summed E-state index contributed by atoms with van der Waals surface area (Å²) in [6.45, 7) is 2.32. The first kappa shape index (κ1) is 16.7. The Hall–Kier alpha value is -2.69. The molecule has 0 aliphatic rings. The van der Waals surface area contributed by atoms with Crippen molar-refractivity contribution < 1.29 is 14.7 Å². The Morgan fingerprint density at radius 2 is 1.96 bits per heavy atom. The van der Waals surface area contributed by atoms with E-state index in [2.05, 4.69) is 4.98 Å². The first-order valence-electron chi connectivity index (χ1n) is 7.49. The molecule has 0 saturated carbocycles. The van der Waals surface area contributed by atoms with E-state index in [0.717, 1.165) is 16.8 Å². The van der Waals surface area contributed by atoms with Crippen LogP contribution in [-0.2, 0) is 4.79 Å². The van der Waals surface area contributed by atoms with Crippen LogP contribution in [0, 0.1) is 6.92 Å². The van der Waals surface area contributed by atoms with Crippen molar-refractivity contribution in [1.29, 1.82) is 0 Å². The zero-order valence-corrected chi connectivity index (χ0v) is 13.3. The predicted octanol–water partition coefficient (Wildman–Crippen LogP) is 2.99. The second-order valence-electron chi connectivity index (χ2n) is 5.42. The number of carbonyl (C=O) groups is 2. The lowest BCUT2D eigenvalue weighted by molar-refractivity contribution is -0.137. The van der Waals surface area contributed by atoms with Gasteiger partial charge in [0.2, 0.25) is 0 Å². The van der Waals surface area contributed by atoms with E-state index in [-0.39, 0.29) is 12.3 Å². The van der Waals surface area contributed by atoms with E-state index in [9.17, 15) is 9.59 Å². The highest BCUT2D eigenvalue weighted by Crippen LogP contribution is 2.24. The molecule has 0 spiro atoms. The molecule has 1 N–H and O–H groups in total. The van der Waals surface area contributed by atoms with Gasteiger partial charge < -0.3 is 10.0 Å². The van der Waals surface area contributed by atoms with Crippen molar-refractivity contribution in [2.24, 2.45) is 0 Å². The lowest BCUT2D eigenvalue weighted by Gasteiger charge is -2.19. The molecule has 2 rings (SSSR count). The summed E-state index contributed by atoms with van der Waals surface area (Å²) in [5, 5.41) is 8.68. The molecule has 120 valence electrons. The third-order valence-corrected chi connectivity index (χ3v) is 3.74. The molecule has 1 amide bonds. The normalized spacial score (nSPS) is 10.3. The number of aromatic nitrogens is 1. The van der Waals surface area contributed by atoms with Crippen LogP contribution in [0.5, 0.6) is 0 Å². The molecule has 0 saturated heterocycles. The Morgan fingerprint density at radius 1 is 1.17 bits per heavy atom. The van der Waals surface area contributed by atoms with Crippen LogP contribution >= 0.6 is 0 Å². The number of carbonyl (C=O) groups excluding carboxylic acids is 1. The Balaban J connectivity index is 2.20. The number of nitrogens with zero attached hydrogens (tertiary/aromatic N) is 2. The topological polar surface area (TPSA) is 70.5 Å². The zero-order chi connectivity index (χ0) is 16.8. The number of carboxylic acids is 1. The highest BCUT2D eigenvalue weighted by Gasteiger charge is 2.16. The fraction of sp³-hybridized carbons (Fsp3) is 0.278. The van der Waals surface area contributed by atoms with Crippen LogP contribution in [0.3, 0.4) is 0 Å². The van der Waals surface area contributed by atoms with Gasteiger partial charge in [0.1, 0.15) is 0 Å². The zero-order valence-electron chi connectivity index (χ0n) is 13.3. The van der Waals surface area contributed by atoms with Gasteiger partial charge in [0.15, 0.2) is 0 Å². The SMILES string of the molecule is Cc1c(C(=O)N(C)CCCC(=O)O)cccc1-c1ccccn1. The van der Waals surface area contributed by atoms with Crippen molar-refractivity contribution in [2.45, 2.75) is 19.8 Å². The van der Waals surface area contributed by atoms with Gasteiger partial charge in [-0.15, -0.1) is 0 Å². The maximum absolute atomic E-state index is 12.6. The molecule has 0 aliphatic carbocycles. The molecular formula is C18H20N2O3. The molecule has 5 nitrogen and oxygen atoms in total. The van der Waals surface area contributed by atoms with Gasteiger partial charge in [0.25, 0.3) is 5.91 Å². The number of carboxylic acid groups (broad SMARTS) is 1. The summed E-state index contributed by atoms with van der Waals surface area (Å²) in [6.07, 6.45) is 2.22. The maximum Gasteiger partial charge on any atom is 0.303 e. The van der Waals surface area contributed by atoms with E-state index < -0.39 is 5.97 Å². The van der Waals surface area contributed by atoms with Gasteiger partial charge in [-0.05, 0) is 37.1 Å². The highest BCUT2D eigenvalue weighted by atomic mass is 16.4. The molecule has 0 atom stereocenters. The number of hydrogen-bond donors (Lipinski definition) is 1. The fourth-order valence-corrected chi connectivity index (χ4v) is 2.44. The summed E-state index contributed by atoms with van der Waals surface area (Å²) in [4.78, 5) is 29.0. The number of benzene rings is 1. The first-order chi connectivity index (χ1) is 11.0. The fourth-order valence-electron chi connectivity index (χ4n) is 2.44. The number of hydrogen-bond acceptors (Lipinski definition) is 3. The van der Waals surface area contributed by atoms with Crippen LogP contribution < -0.4 is 0 Å². The average molecular weight is 312 g/mol. The molecule has 0 unspecified atom stereocenters.